The highest BCUT2D eigenvalue weighted by Crippen LogP contribution is 2.55. The second-order valence-corrected chi connectivity index (χ2v) is 9.19. The lowest BCUT2D eigenvalue weighted by molar-refractivity contribution is 0.553. The largest absolute Gasteiger partial charge is 0.312 e. The summed E-state index contributed by atoms with van der Waals surface area (Å²) in [6, 6.07) is 23.6. The van der Waals surface area contributed by atoms with Gasteiger partial charge in [0, 0.05) is 23.0 Å². The summed E-state index contributed by atoms with van der Waals surface area (Å²) in [5, 5.41) is 5.33. The molecule has 3 nitrogen and oxygen atoms in total. The Kier molecular flexibility index (Phi) is 6.38. The Morgan fingerprint density at radius 1 is 0.885 bits per heavy atom. The van der Waals surface area contributed by atoms with Gasteiger partial charge in [0.25, 0.3) is 0 Å². The normalized spacial score (nSPS) is 12.7. The fourth-order valence-corrected chi connectivity index (χ4v) is 6.27. The van der Waals surface area contributed by atoms with Crippen molar-refractivity contribution in [2.75, 3.05) is 6.54 Å². The molecule has 1 heterocycles. The van der Waals surface area contributed by atoms with E-state index in [9.17, 15) is 4.57 Å². The van der Waals surface area contributed by atoms with Crippen molar-refractivity contribution in [3.05, 3.63) is 90.8 Å². The molecule has 0 saturated heterocycles. The van der Waals surface area contributed by atoms with Gasteiger partial charge in [0.1, 0.15) is 0 Å². The van der Waals surface area contributed by atoms with Crippen LogP contribution in [-0.2, 0) is 4.57 Å². The summed E-state index contributed by atoms with van der Waals surface area (Å²) < 4.78 is 14.6. The van der Waals surface area contributed by atoms with E-state index >= 15 is 0 Å². The van der Waals surface area contributed by atoms with Gasteiger partial charge in [-0.1, -0.05) is 74.0 Å². The van der Waals surface area contributed by atoms with Crippen LogP contribution in [0.4, 0.5) is 0 Å². The van der Waals surface area contributed by atoms with Crippen LogP contribution in [-0.4, -0.2) is 11.5 Å². The van der Waals surface area contributed by atoms with Gasteiger partial charge in [-0.3, -0.25) is 4.98 Å². The zero-order valence-electron chi connectivity index (χ0n) is 15.1. The van der Waals surface area contributed by atoms with Gasteiger partial charge in [-0.2, -0.15) is 0 Å². The van der Waals surface area contributed by atoms with Crippen molar-refractivity contribution in [3.8, 4) is 0 Å². The van der Waals surface area contributed by atoms with E-state index in [4.69, 9.17) is 0 Å². The topological polar surface area (TPSA) is 42.0 Å². The van der Waals surface area contributed by atoms with Crippen LogP contribution in [0.1, 0.15) is 31.1 Å². The molecule has 0 saturated carbocycles. The molecule has 1 atom stereocenters. The minimum atomic E-state index is -2.94. The van der Waals surface area contributed by atoms with Crippen molar-refractivity contribution in [3.63, 3.8) is 0 Å². The maximum atomic E-state index is 14.6. The van der Waals surface area contributed by atoms with Crippen LogP contribution in [0.25, 0.3) is 0 Å². The quantitative estimate of drug-likeness (QED) is 0.473. The van der Waals surface area contributed by atoms with E-state index in [1.165, 1.54) is 0 Å². The van der Waals surface area contributed by atoms with Crippen LogP contribution < -0.4 is 15.9 Å². The number of nitrogens with zero attached hydrogens (tertiary/aromatic N) is 1. The van der Waals surface area contributed by atoms with E-state index in [0.717, 1.165) is 35.6 Å². The van der Waals surface area contributed by atoms with Gasteiger partial charge >= 0.3 is 0 Å². The first-order chi connectivity index (χ1) is 12.8. The molecule has 0 amide bonds. The van der Waals surface area contributed by atoms with Gasteiger partial charge in [0.15, 0.2) is 7.14 Å². The van der Waals surface area contributed by atoms with Crippen molar-refractivity contribution in [1.82, 2.24) is 10.3 Å². The van der Waals surface area contributed by atoms with Crippen molar-refractivity contribution in [1.29, 1.82) is 0 Å². The zero-order chi connectivity index (χ0) is 18.2. The number of unbranched alkanes of at least 4 members (excludes halogenated alkanes) is 1. The van der Waals surface area contributed by atoms with Gasteiger partial charge in [-0.25, -0.2) is 0 Å². The van der Waals surface area contributed by atoms with E-state index in [0.29, 0.717) is 0 Å². The summed E-state index contributed by atoms with van der Waals surface area (Å²) in [4.78, 5) is 4.13. The average molecular weight is 364 g/mol. The Hall–Kier alpha value is -2.22. The summed E-state index contributed by atoms with van der Waals surface area (Å²) in [6.07, 6.45) is 5.68. The number of nitrogens with one attached hydrogen (secondary N) is 1. The molecular formula is C22H25N2OP. The molecule has 0 unspecified atom stereocenters. The fraction of sp³-hybridized carbons (Fsp3) is 0.227. The highest BCUT2D eigenvalue weighted by Gasteiger charge is 2.37. The minimum Gasteiger partial charge on any atom is -0.312 e. The number of benzene rings is 2. The molecule has 3 aromatic rings. The smallest absolute Gasteiger partial charge is 0.163 e. The van der Waals surface area contributed by atoms with Crippen molar-refractivity contribution < 1.29 is 4.57 Å². The van der Waals surface area contributed by atoms with E-state index in [-0.39, 0.29) is 5.78 Å². The van der Waals surface area contributed by atoms with Crippen LogP contribution in [0.15, 0.2) is 85.2 Å². The first-order valence-corrected chi connectivity index (χ1v) is 10.9. The van der Waals surface area contributed by atoms with Gasteiger partial charge in [-0.15, -0.1) is 0 Å². The van der Waals surface area contributed by atoms with Gasteiger partial charge < -0.3 is 9.88 Å². The maximum Gasteiger partial charge on any atom is 0.163 e. The third-order valence-electron chi connectivity index (χ3n) is 4.53. The number of hydrogen-bond donors (Lipinski definition) is 1. The Balaban J connectivity index is 2.15. The number of pyridine rings is 1. The van der Waals surface area contributed by atoms with Crippen LogP contribution in [0.3, 0.4) is 0 Å². The first-order valence-electron chi connectivity index (χ1n) is 9.11. The minimum absolute atomic E-state index is 0.276. The Morgan fingerprint density at radius 3 is 1.92 bits per heavy atom. The SMILES string of the molecule is CCCCN[C@H](c1ccncc1)P(=O)(c1ccccc1)c1ccccc1. The number of aromatic nitrogens is 1. The molecule has 1 aromatic heterocycles. The molecule has 0 radical (unpaired) electrons. The van der Waals surface area contributed by atoms with Crippen LogP contribution >= 0.6 is 7.14 Å². The molecule has 0 fully saturated rings. The lowest BCUT2D eigenvalue weighted by Gasteiger charge is -2.30. The Morgan fingerprint density at radius 2 is 1.42 bits per heavy atom. The first kappa shape index (κ1) is 18.6. The molecule has 0 spiro atoms. The molecule has 0 aliphatic heterocycles. The second kappa shape index (κ2) is 8.93. The van der Waals surface area contributed by atoms with E-state index in [2.05, 4.69) is 17.2 Å². The Labute approximate surface area is 155 Å². The summed E-state index contributed by atoms with van der Waals surface area (Å²) in [7, 11) is -2.94. The summed E-state index contributed by atoms with van der Waals surface area (Å²) >= 11 is 0. The van der Waals surface area contributed by atoms with Gasteiger partial charge in [-0.05, 0) is 30.7 Å². The van der Waals surface area contributed by atoms with Gasteiger partial charge in [0.05, 0.1) is 5.78 Å². The second-order valence-electron chi connectivity index (χ2n) is 6.32. The van der Waals surface area contributed by atoms with Crippen molar-refractivity contribution in [2.45, 2.75) is 25.5 Å². The zero-order valence-corrected chi connectivity index (χ0v) is 16.0. The highest BCUT2D eigenvalue weighted by molar-refractivity contribution is 7.79. The molecule has 26 heavy (non-hydrogen) atoms. The lowest BCUT2D eigenvalue weighted by Crippen LogP contribution is -2.31. The van der Waals surface area contributed by atoms with E-state index in [1.807, 2.05) is 72.8 Å². The molecule has 4 heteroatoms. The van der Waals surface area contributed by atoms with Crippen LogP contribution in [0.5, 0.6) is 0 Å². The molecule has 3 rings (SSSR count). The van der Waals surface area contributed by atoms with Crippen LogP contribution in [0.2, 0.25) is 0 Å². The molecular weight excluding hydrogens is 339 g/mol. The molecule has 0 bridgehead atoms. The number of rotatable bonds is 8. The standard InChI is InChI=1S/C22H25N2OP/c1-2-3-16-24-22(19-14-17-23-18-15-19)26(25,20-10-6-4-7-11-20)21-12-8-5-9-13-21/h4-15,17-18,22,24H,2-3,16H2,1H3/t22-/m0/s1. The van der Waals surface area contributed by atoms with E-state index < -0.39 is 7.14 Å². The third-order valence-corrected chi connectivity index (χ3v) is 7.87. The predicted molar refractivity (Wildman–Crippen MR) is 110 cm³/mol. The van der Waals surface area contributed by atoms with Crippen LogP contribution in [0, 0.1) is 0 Å². The molecule has 2 aromatic carbocycles. The summed E-state index contributed by atoms with van der Waals surface area (Å²) in [6.45, 7) is 2.99. The highest BCUT2D eigenvalue weighted by atomic mass is 31.2. The van der Waals surface area contributed by atoms with Crippen molar-refractivity contribution >= 4 is 17.8 Å². The Bertz CT molecular complexity index is 794. The third kappa shape index (κ3) is 3.95. The molecule has 1 N–H and O–H groups in total. The van der Waals surface area contributed by atoms with Crippen molar-refractivity contribution in [2.24, 2.45) is 0 Å². The van der Waals surface area contributed by atoms with E-state index in [1.54, 1.807) is 12.4 Å². The molecule has 0 aliphatic carbocycles. The molecule has 0 aliphatic rings. The summed E-state index contributed by atoms with van der Waals surface area (Å²) in [5.74, 6) is -0.276. The maximum absolute atomic E-state index is 14.6. The lowest BCUT2D eigenvalue weighted by atomic mass is 10.2. The monoisotopic (exact) mass is 364 g/mol. The fourth-order valence-electron chi connectivity index (χ4n) is 3.16. The predicted octanol–water partition coefficient (Wildman–Crippen LogP) is 4.48. The van der Waals surface area contributed by atoms with Gasteiger partial charge in [0.2, 0.25) is 0 Å². The molecule has 134 valence electrons. The number of hydrogen-bond acceptors (Lipinski definition) is 3. The average Bonchev–Trinajstić information content (AvgIpc) is 2.73. The summed E-state index contributed by atoms with van der Waals surface area (Å²) in [5.41, 5.74) is 1.01.